The predicted octanol–water partition coefficient (Wildman–Crippen LogP) is 2.70. The number of hydrogen-bond acceptors (Lipinski definition) is 4. The molecule has 25 heavy (non-hydrogen) atoms. The minimum atomic E-state index is -0.203. The minimum absolute atomic E-state index is 0.0553. The Hall–Kier alpha value is -3.15. The molecule has 3 N–H and O–H groups in total. The normalized spacial score (nSPS) is 15.4. The van der Waals surface area contributed by atoms with E-state index >= 15 is 0 Å². The van der Waals surface area contributed by atoms with Gasteiger partial charge in [0.25, 0.3) is 0 Å². The molecule has 1 saturated heterocycles. The molecule has 2 heterocycles. The number of amides is 2. The molecule has 1 aliphatic rings. The van der Waals surface area contributed by atoms with Crippen molar-refractivity contribution in [2.24, 2.45) is 0 Å². The van der Waals surface area contributed by atoms with Crippen molar-refractivity contribution in [3.63, 3.8) is 0 Å². The summed E-state index contributed by atoms with van der Waals surface area (Å²) in [5.41, 5.74) is 4.15. The van der Waals surface area contributed by atoms with Crippen LogP contribution in [0, 0.1) is 0 Å². The molecule has 2 aromatic carbocycles. The van der Waals surface area contributed by atoms with Crippen molar-refractivity contribution in [1.82, 2.24) is 15.5 Å². The van der Waals surface area contributed by atoms with Crippen molar-refractivity contribution in [1.29, 1.82) is 0 Å². The molecule has 4 rings (SSSR count). The van der Waals surface area contributed by atoms with Crippen LogP contribution in [-0.4, -0.2) is 22.0 Å². The zero-order valence-electron chi connectivity index (χ0n) is 13.6. The zero-order valence-corrected chi connectivity index (χ0v) is 13.6. The summed E-state index contributed by atoms with van der Waals surface area (Å²) in [6, 6.07) is 14.0. The van der Waals surface area contributed by atoms with Crippen LogP contribution in [0.15, 0.2) is 48.7 Å². The lowest BCUT2D eigenvalue weighted by Gasteiger charge is -2.21. The summed E-state index contributed by atoms with van der Waals surface area (Å²) in [7, 11) is 0. The molecule has 0 radical (unpaired) electrons. The van der Waals surface area contributed by atoms with E-state index in [4.69, 9.17) is 0 Å². The molecule has 6 heteroatoms. The Morgan fingerprint density at radius 2 is 1.88 bits per heavy atom. The van der Waals surface area contributed by atoms with Crippen LogP contribution in [0.4, 0.5) is 5.69 Å². The van der Waals surface area contributed by atoms with Gasteiger partial charge in [0.1, 0.15) is 0 Å². The third kappa shape index (κ3) is 3.24. The second-order valence-electron chi connectivity index (χ2n) is 6.30. The highest BCUT2D eigenvalue weighted by atomic mass is 16.2. The maximum Gasteiger partial charge on any atom is 0.227 e. The summed E-state index contributed by atoms with van der Waals surface area (Å²) in [5, 5.41) is 13.9. The number of H-pyrrole nitrogens is 1. The molecule has 0 bridgehead atoms. The molecule has 1 aliphatic heterocycles. The number of aromatic amines is 1. The van der Waals surface area contributed by atoms with Crippen LogP contribution in [0.2, 0.25) is 0 Å². The van der Waals surface area contributed by atoms with Gasteiger partial charge in [0, 0.05) is 36.4 Å². The summed E-state index contributed by atoms with van der Waals surface area (Å²) in [6.45, 7) is 0.671. The van der Waals surface area contributed by atoms with Crippen LogP contribution in [0.1, 0.15) is 29.9 Å². The number of carbonyl (C=O) groups is 2. The second kappa shape index (κ2) is 6.39. The van der Waals surface area contributed by atoms with Crippen LogP contribution in [0.3, 0.4) is 0 Å². The fourth-order valence-corrected chi connectivity index (χ4v) is 3.30. The Labute approximate surface area is 144 Å². The van der Waals surface area contributed by atoms with E-state index in [9.17, 15) is 9.59 Å². The highest BCUT2D eigenvalue weighted by Gasteiger charge is 2.26. The number of rotatable bonds is 4. The number of benzene rings is 2. The maximum absolute atomic E-state index is 11.6. The minimum Gasteiger partial charge on any atom is -0.381 e. The molecule has 2 amide bonds. The molecule has 0 spiro atoms. The van der Waals surface area contributed by atoms with Gasteiger partial charge in [0.2, 0.25) is 11.8 Å². The maximum atomic E-state index is 11.6. The number of anilines is 1. The summed E-state index contributed by atoms with van der Waals surface area (Å²) in [5.74, 6) is -0.460. The zero-order chi connectivity index (χ0) is 17.2. The number of hydrogen-bond donors (Lipinski definition) is 3. The van der Waals surface area contributed by atoms with Gasteiger partial charge in [-0.3, -0.25) is 20.0 Å². The Kier molecular flexibility index (Phi) is 3.93. The Morgan fingerprint density at radius 1 is 1.08 bits per heavy atom. The van der Waals surface area contributed by atoms with Gasteiger partial charge in [-0.05, 0) is 29.3 Å². The molecule has 0 atom stereocenters. The summed E-state index contributed by atoms with van der Waals surface area (Å²) in [6.07, 6.45) is 2.53. The number of carbonyl (C=O) groups excluding carboxylic acids is 2. The lowest BCUT2D eigenvalue weighted by molar-refractivity contribution is -0.133. The first-order chi connectivity index (χ1) is 12.2. The fraction of sp³-hybridized carbons (Fsp3) is 0.211. The Morgan fingerprint density at radius 3 is 2.72 bits per heavy atom. The van der Waals surface area contributed by atoms with Gasteiger partial charge >= 0.3 is 0 Å². The first-order valence-corrected chi connectivity index (χ1v) is 8.26. The average Bonchev–Trinajstić information content (AvgIpc) is 3.09. The van der Waals surface area contributed by atoms with Crippen LogP contribution >= 0.6 is 0 Å². The molecular weight excluding hydrogens is 316 g/mol. The molecule has 3 aromatic rings. The number of piperidine rings is 1. The van der Waals surface area contributed by atoms with E-state index in [2.05, 4.69) is 26.9 Å². The topological polar surface area (TPSA) is 86.9 Å². The first-order valence-electron chi connectivity index (χ1n) is 8.26. The largest absolute Gasteiger partial charge is 0.381 e. The van der Waals surface area contributed by atoms with E-state index in [1.165, 1.54) is 0 Å². The fourth-order valence-electron chi connectivity index (χ4n) is 3.30. The lowest BCUT2D eigenvalue weighted by atomic mass is 9.89. The van der Waals surface area contributed by atoms with Crippen LogP contribution < -0.4 is 10.6 Å². The van der Waals surface area contributed by atoms with Gasteiger partial charge in [-0.1, -0.05) is 24.3 Å². The van der Waals surface area contributed by atoms with Crippen molar-refractivity contribution in [2.45, 2.75) is 25.3 Å². The molecular formula is C19H18N4O2. The number of nitrogens with one attached hydrogen (secondary N) is 3. The quantitative estimate of drug-likeness (QED) is 0.640. The van der Waals surface area contributed by atoms with Gasteiger partial charge in [0.05, 0.1) is 11.7 Å². The standard InChI is InChI=1S/C19H18N4O2/c24-18-8-14(9-19(25)22-18)12-3-1-5-15(7-12)20-10-13-4-2-6-17-16(13)11-21-23-17/h1-7,11,14,20H,8-10H2,(H,21,23)(H,22,24,25). The van der Waals surface area contributed by atoms with Gasteiger partial charge in [0.15, 0.2) is 0 Å². The van der Waals surface area contributed by atoms with E-state index in [0.29, 0.717) is 19.4 Å². The van der Waals surface area contributed by atoms with Crippen molar-refractivity contribution in [2.75, 3.05) is 5.32 Å². The Balaban J connectivity index is 1.51. The van der Waals surface area contributed by atoms with E-state index in [1.54, 1.807) is 0 Å². The number of fused-ring (bicyclic) bond motifs is 1. The highest BCUT2D eigenvalue weighted by Crippen LogP contribution is 2.28. The smallest absolute Gasteiger partial charge is 0.227 e. The van der Waals surface area contributed by atoms with E-state index in [-0.39, 0.29) is 17.7 Å². The summed E-state index contributed by atoms with van der Waals surface area (Å²) < 4.78 is 0. The van der Waals surface area contributed by atoms with Gasteiger partial charge in [-0.15, -0.1) is 0 Å². The third-order valence-electron chi connectivity index (χ3n) is 4.56. The first kappa shape index (κ1) is 15.4. The average molecular weight is 334 g/mol. The van der Waals surface area contributed by atoms with Crippen molar-refractivity contribution < 1.29 is 9.59 Å². The van der Waals surface area contributed by atoms with E-state index in [0.717, 1.165) is 27.7 Å². The van der Waals surface area contributed by atoms with Gasteiger partial charge < -0.3 is 5.32 Å². The van der Waals surface area contributed by atoms with Crippen LogP contribution in [0.25, 0.3) is 10.9 Å². The molecule has 0 aliphatic carbocycles. The monoisotopic (exact) mass is 334 g/mol. The van der Waals surface area contributed by atoms with E-state index < -0.39 is 0 Å². The van der Waals surface area contributed by atoms with Crippen LogP contribution in [-0.2, 0) is 16.1 Å². The molecule has 6 nitrogen and oxygen atoms in total. The van der Waals surface area contributed by atoms with Crippen molar-refractivity contribution >= 4 is 28.4 Å². The molecule has 126 valence electrons. The Bertz CT molecular complexity index is 931. The van der Waals surface area contributed by atoms with Crippen LogP contribution in [0.5, 0.6) is 0 Å². The van der Waals surface area contributed by atoms with Crippen molar-refractivity contribution in [3.8, 4) is 0 Å². The lowest BCUT2D eigenvalue weighted by Crippen LogP contribution is -2.37. The van der Waals surface area contributed by atoms with Gasteiger partial charge in [-0.2, -0.15) is 5.10 Å². The number of nitrogens with zero attached hydrogens (tertiary/aromatic N) is 1. The molecule has 0 saturated carbocycles. The number of imide groups is 1. The molecule has 1 fully saturated rings. The van der Waals surface area contributed by atoms with Gasteiger partial charge in [-0.25, -0.2) is 0 Å². The summed E-state index contributed by atoms with van der Waals surface area (Å²) in [4.78, 5) is 23.2. The SMILES string of the molecule is O=C1CC(c2cccc(NCc3cccc4[nH]ncc34)c2)CC(=O)N1. The number of aromatic nitrogens is 2. The third-order valence-corrected chi connectivity index (χ3v) is 4.56. The van der Waals surface area contributed by atoms with E-state index in [1.807, 2.05) is 42.6 Å². The second-order valence-corrected chi connectivity index (χ2v) is 6.30. The summed E-state index contributed by atoms with van der Waals surface area (Å²) >= 11 is 0. The van der Waals surface area contributed by atoms with Crippen molar-refractivity contribution in [3.05, 3.63) is 59.8 Å². The molecule has 1 aromatic heterocycles. The highest BCUT2D eigenvalue weighted by molar-refractivity contribution is 5.98. The molecule has 0 unspecified atom stereocenters. The predicted molar refractivity (Wildman–Crippen MR) is 95.0 cm³/mol.